The van der Waals surface area contributed by atoms with Gasteiger partial charge in [0.05, 0.1) is 9.80 Å². The van der Waals surface area contributed by atoms with Crippen LogP contribution in [-0.2, 0) is 31.7 Å². The van der Waals surface area contributed by atoms with Gasteiger partial charge in [0.2, 0.25) is 5.95 Å². The van der Waals surface area contributed by atoms with Crippen LogP contribution in [0.1, 0.15) is 123 Å². The van der Waals surface area contributed by atoms with Gasteiger partial charge in [-0.1, -0.05) is 194 Å². The van der Waals surface area contributed by atoms with Crippen molar-refractivity contribution in [3.63, 3.8) is 0 Å². The number of fused-ring (bicyclic) bond motifs is 3. The number of amidine groups is 3. The molecule has 2 aromatic heterocycles. The van der Waals surface area contributed by atoms with Crippen molar-refractivity contribution in [1.82, 2.24) is 41.5 Å². The quantitative estimate of drug-likeness (QED) is 0.00752. The Morgan fingerprint density at radius 3 is 1.18 bits per heavy atom. The van der Waals surface area contributed by atoms with Gasteiger partial charge in [0.15, 0.2) is 28.1 Å². The van der Waals surface area contributed by atoms with Crippen molar-refractivity contribution in [2.75, 3.05) is 52.4 Å². The molecule has 9 heterocycles. The number of nitrogens with zero attached hydrogens (tertiary/aromatic N) is 10. The van der Waals surface area contributed by atoms with Crippen molar-refractivity contribution in [3.8, 4) is 34.1 Å². The third-order valence-electron chi connectivity index (χ3n) is 21.6. The van der Waals surface area contributed by atoms with Gasteiger partial charge in [0.25, 0.3) is 0 Å². The number of thioether (sulfide) groups is 1. The minimum atomic E-state index is -4.81. The van der Waals surface area contributed by atoms with E-state index in [4.69, 9.17) is 89.8 Å². The van der Waals surface area contributed by atoms with E-state index in [1.54, 1.807) is 87.5 Å². The van der Waals surface area contributed by atoms with Crippen LogP contribution in [0, 0.1) is 11.9 Å². The Balaban J connectivity index is 0.000000197. The number of pyridine rings is 2. The summed E-state index contributed by atoms with van der Waals surface area (Å²) in [7, 11) is 0.433. The molecule has 756 valence electrons. The second-order valence-electron chi connectivity index (χ2n) is 32.4. The van der Waals surface area contributed by atoms with Crippen LogP contribution in [0.5, 0.6) is 23.0 Å². The van der Waals surface area contributed by atoms with Gasteiger partial charge in [-0.3, -0.25) is 30.0 Å². The Hall–Kier alpha value is -11.1. The molecule has 10 aromatic rings. The van der Waals surface area contributed by atoms with Crippen LogP contribution in [0.2, 0.25) is 0 Å². The topological polar surface area (TPSA) is 375 Å². The summed E-state index contributed by atoms with van der Waals surface area (Å²) in [5.41, 5.74) is 25.4. The Labute approximate surface area is 854 Å². The number of aliphatic imine (C=N–C) groups is 5. The second-order valence-corrected chi connectivity index (χ2v) is 37.9. The molecular formula is C95H97BBr3F14N17O8S4. The first-order valence-electron chi connectivity index (χ1n) is 43.2. The minimum absolute atomic E-state index is 0. The summed E-state index contributed by atoms with van der Waals surface area (Å²) in [5.74, 6) is 0.116. The summed E-state index contributed by atoms with van der Waals surface area (Å²) in [6.07, 6.45) is -7.44. The van der Waals surface area contributed by atoms with E-state index in [0.717, 1.165) is 113 Å². The summed E-state index contributed by atoms with van der Waals surface area (Å²) in [6, 6.07) is 58.9. The van der Waals surface area contributed by atoms with Gasteiger partial charge in [0.1, 0.15) is 55.9 Å². The van der Waals surface area contributed by atoms with Gasteiger partial charge in [0, 0.05) is 64.4 Å². The van der Waals surface area contributed by atoms with Gasteiger partial charge >= 0.3 is 76.4 Å². The predicted molar refractivity (Wildman–Crippen MR) is 542 cm³/mol. The number of nitrogens with one attached hydrogen (secondary N) is 2. The van der Waals surface area contributed by atoms with Gasteiger partial charge in [-0.15, -0.1) is 52.7 Å². The molecular weight excluding hydrogens is 2150 g/mol. The summed E-state index contributed by atoms with van der Waals surface area (Å²) < 4.78 is 207. The van der Waals surface area contributed by atoms with Gasteiger partial charge in [-0.25, -0.2) is 19.9 Å². The van der Waals surface area contributed by atoms with Crippen LogP contribution in [0.15, 0.2) is 269 Å². The van der Waals surface area contributed by atoms with E-state index in [1.165, 1.54) is 103 Å². The number of aromatic nitrogens is 2. The van der Waals surface area contributed by atoms with Gasteiger partial charge in [-0.2, -0.15) is 4.39 Å². The van der Waals surface area contributed by atoms with Crippen molar-refractivity contribution in [2.24, 2.45) is 47.9 Å². The van der Waals surface area contributed by atoms with Crippen LogP contribution >= 0.6 is 96.2 Å². The maximum absolute atomic E-state index is 14.5. The molecule has 4 unspecified atom stereocenters. The van der Waals surface area contributed by atoms with Crippen molar-refractivity contribution < 1.29 is 101 Å². The third-order valence-corrected chi connectivity index (χ3v) is 25.1. The first-order chi connectivity index (χ1) is 66.4. The molecule has 2 saturated heterocycles. The second kappa shape index (κ2) is 50.4. The molecule has 8 aromatic carbocycles. The summed E-state index contributed by atoms with van der Waals surface area (Å²) >= 11 is 28.1. The third kappa shape index (κ3) is 29.4. The Bertz CT molecular complexity index is 6150. The molecule has 4 atom stereocenters. The molecule has 0 aliphatic carbocycles. The molecule has 16 N–H and O–H groups in total. The van der Waals surface area contributed by atoms with Crippen molar-refractivity contribution >= 4 is 152 Å². The van der Waals surface area contributed by atoms with Crippen LogP contribution in [0.4, 0.5) is 61.5 Å². The Kier molecular flexibility index (Phi) is 40.7. The zero-order valence-electron chi connectivity index (χ0n) is 76.0. The number of guanidine groups is 2. The van der Waals surface area contributed by atoms with E-state index in [0.29, 0.717) is 105 Å². The van der Waals surface area contributed by atoms with E-state index in [9.17, 15) is 66.2 Å². The molecule has 2 fully saturated rings. The van der Waals surface area contributed by atoms with Crippen LogP contribution < -0.4 is 64.1 Å². The predicted octanol–water partition coefficient (Wildman–Crippen LogP) is 20.4. The van der Waals surface area contributed by atoms with Gasteiger partial charge in [-0.05, 0) is 251 Å². The Morgan fingerprint density at radius 1 is 0.451 bits per heavy atom. The van der Waals surface area contributed by atoms with Crippen molar-refractivity contribution in [3.05, 3.63) is 301 Å². The number of thiocarbonyl (C=S) groups is 3. The summed E-state index contributed by atoms with van der Waals surface area (Å²) in [5, 5.41) is 15.1. The molecule has 7 aliphatic rings. The number of alkyl halides is 12. The molecule has 7 aliphatic heterocycles. The van der Waals surface area contributed by atoms with E-state index < -0.39 is 65.1 Å². The monoisotopic (exact) mass is 2250 g/mol. The molecule has 0 bridgehead atoms. The van der Waals surface area contributed by atoms with E-state index in [2.05, 4.69) is 92.2 Å². The number of halogens is 17. The van der Waals surface area contributed by atoms with Gasteiger partial charge < -0.3 is 69.0 Å². The molecule has 0 radical (unpaired) electrons. The van der Waals surface area contributed by atoms with Crippen LogP contribution in [-0.4, -0.2) is 169 Å². The fraction of sp³-hybridized carbons (Fsp3) is 0.305. The maximum atomic E-state index is 14.5. The Morgan fingerprint density at radius 2 is 0.810 bits per heavy atom. The standard InChI is InChI=1S/C25H21F4N5O.C20H18BrF3N4O.C20H17BrF3N3OS.C16H9BrF3NOS3.C5H3BFNO.C5H14N2.C4H10O2.H3N.H2O/c26-21-20(7-4-13-31-21)16-5-3-6-18(15-16)24(17-8-10-19(11-9-17)35-25(27,28)29)22-32-12-1-2-14-34(22)23(30)33-24;21-15-5-3-4-14(12-15)19(13-6-8-16(9-7-13)29-20(22,23)24)17-26-10-1-2-11-28(17)18(25)27-19;21-15-5-3-4-14(12-15)19(13-6-8-16(9-7-13)28-20(22,23)24)17-25-10-1-2-11-27(17)18(29)26-19;17-11-3-1-2-10(8-11)15(13(23)25-14(24)21-15)9-4-6-12(7-5-9)22-16(18,19)20;7-5-4(6-9)2-1-3-8-5;6-4-2-1-3-5-7;1-4(2,3)6-5;;/h3-11,13,15H,1-2,12,14H2,(H2,30,33);3-9,12H,1-2,10-11H2,(H2,25,27);3-9,12H,1-2,10-11H2,(H,26,29);1-8H,(H,21,24);1-3H;1-7H2;5H,1-3H3;1H3;1H2. The fourth-order valence-corrected chi connectivity index (χ4v) is 19.0. The number of rotatable bonds is 18. The first-order valence-corrected chi connectivity index (χ1v) is 47.6. The SMILES string of the molecule is CC(C)(C)OO.FC(F)(F)Oc1ccc(C2(c3cccc(Br)c3)NC(=S)N3CCCCN=C32)cc1.FC(F)(F)Oc1ccc(C2(c3cccc(Br)c3)NC(=S)SC2=S)cc1.N.NC1=NC(c2ccc(OC(F)(F)F)cc2)(c2cccc(-c3cccnc3F)c2)C2=NCCCCN12.NC1=NC(c2ccc(OC(F)(F)F)cc2)(c2cccc(Br)c2)C2=NCCCCN12.NCCCCCN.O.O=Bc1cccnc1F. The number of hydrogen-bond acceptors (Lipinski definition) is 25. The van der Waals surface area contributed by atoms with Crippen LogP contribution in [0.3, 0.4) is 0 Å². The fourth-order valence-electron chi connectivity index (χ4n) is 15.6. The first kappa shape index (κ1) is 115. The average Bonchev–Trinajstić information content (AvgIpc) is 1.57. The van der Waals surface area contributed by atoms with Crippen molar-refractivity contribution in [1.29, 1.82) is 0 Å². The molecule has 0 amide bonds. The number of benzene rings is 8. The number of nitrogens with two attached hydrogens (primary N) is 4. The normalized spacial score (nSPS) is 19.0. The zero-order valence-corrected chi connectivity index (χ0v) is 84.0. The molecule has 142 heavy (non-hydrogen) atoms. The van der Waals surface area contributed by atoms with E-state index in [-0.39, 0.29) is 46.0 Å². The molecule has 0 spiro atoms. The summed E-state index contributed by atoms with van der Waals surface area (Å²) in [6.45, 7) is 10.8. The summed E-state index contributed by atoms with van der Waals surface area (Å²) in [4.78, 5) is 40.7. The number of hydrogen-bond donors (Lipinski definition) is 8. The average molecular weight is 2250 g/mol. The van der Waals surface area contributed by atoms with E-state index in [1.807, 2.05) is 93.6 Å². The van der Waals surface area contributed by atoms with Crippen molar-refractivity contribution in [2.45, 2.75) is 132 Å². The van der Waals surface area contributed by atoms with E-state index >= 15 is 0 Å². The molecule has 17 rings (SSSR count). The van der Waals surface area contributed by atoms with Crippen LogP contribution in [0.25, 0.3) is 11.1 Å². The molecule has 25 nitrogen and oxygen atoms in total. The number of unbranched alkanes of at least 4 members (excludes halogenated alkanes) is 2. The number of ether oxygens (including phenoxy) is 4. The zero-order chi connectivity index (χ0) is 102. The molecule has 47 heteroatoms. The molecule has 0 saturated carbocycles.